The van der Waals surface area contributed by atoms with Crippen molar-refractivity contribution in [2.75, 3.05) is 19.6 Å². The van der Waals surface area contributed by atoms with Crippen LogP contribution in [0.5, 0.6) is 0 Å². The molecule has 0 saturated heterocycles. The lowest BCUT2D eigenvalue weighted by Crippen LogP contribution is -2.53. The Hall–Kier alpha value is -4.04. The fourth-order valence-electron chi connectivity index (χ4n) is 3.15. The van der Waals surface area contributed by atoms with Crippen LogP contribution in [0.1, 0.15) is 31.2 Å². The summed E-state index contributed by atoms with van der Waals surface area (Å²) >= 11 is 0. The summed E-state index contributed by atoms with van der Waals surface area (Å²) in [6.07, 6.45) is 0.994. The van der Waals surface area contributed by atoms with Crippen LogP contribution in [-0.4, -0.2) is 83.5 Å². The van der Waals surface area contributed by atoms with Gasteiger partial charge in [0.25, 0.3) is 0 Å². The predicted molar refractivity (Wildman–Crippen MR) is 131 cm³/mol. The van der Waals surface area contributed by atoms with Gasteiger partial charge in [-0.2, -0.15) is 0 Å². The minimum atomic E-state index is -1.67. The summed E-state index contributed by atoms with van der Waals surface area (Å²) in [5.41, 5.74) is 11.9. The molecule has 37 heavy (non-hydrogen) atoms. The Kier molecular flexibility index (Phi) is 13.9. The number of rotatable bonds is 17. The Morgan fingerprint density at radius 2 is 1.38 bits per heavy atom. The summed E-state index contributed by atoms with van der Waals surface area (Å²) in [6, 6.07) is 5.08. The first-order valence-corrected chi connectivity index (χ1v) is 11.6. The van der Waals surface area contributed by atoms with E-state index in [0.29, 0.717) is 31.4 Å². The molecule has 3 atom stereocenters. The van der Waals surface area contributed by atoms with E-state index >= 15 is 0 Å². The first-order chi connectivity index (χ1) is 17.5. The van der Waals surface area contributed by atoms with Gasteiger partial charge in [0.05, 0.1) is 25.6 Å². The van der Waals surface area contributed by atoms with Crippen molar-refractivity contribution in [3.8, 4) is 0 Å². The van der Waals surface area contributed by atoms with Gasteiger partial charge >= 0.3 is 11.9 Å². The highest BCUT2D eigenvalue weighted by Gasteiger charge is 2.25. The molecule has 0 bridgehead atoms. The van der Waals surface area contributed by atoms with E-state index < -0.39 is 73.2 Å². The summed E-state index contributed by atoms with van der Waals surface area (Å²) in [5, 5.41) is 27.0. The number of aliphatic carboxylic acids is 2. The van der Waals surface area contributed by atoms with E-state index in [2.05, 4.69) is 16.0 Å². The summed E-state index contributed by atoms with van der Waals surface area (Å²) in [6.45, 7) is -0.610. The van der Waals surface area contributed by atoms with Crippen molar-refractivity contribution in [2.24, 2.45) is 11.5 Å². The lowest BCUT2D eigenvalue weighted by Gasteiger charge is -2.20. The lowest BCUT2D eigenvalue weighted by molar-refractivity contribution is -0.147. The number of hydrogen-bond donors (Lipinski definition) is 8. The summed E-state index contributed by atoms with van der Waals surface area (Å²) < 4.78 is 0. The van der Waals surface area contributed by atoms with Crippen LogP contribution in [0.15, 0.2) is 30.3 Å². The van der Waals surface area contributed by atoms with Crippen molar-refractivity contribution in [2.45, 2.75) is 50.2 Å². The molecule has 14 heteroatoms. The van der Waals surface area contributed by atoms with Crippen molar-refractivity contribution in [1.82, 2.24) is 21.3 Å². The number of amides is 4. The number of carbonyl (C=O) groups is 6. The third kappa shape index (κ3) is 13.0. The van der Waals surface area contributed by atoms with Gasteiger partial charge in [0.1, 0.15) is 12.1 Å². The van der Waals surface area contributed by atoms with Gasteiger partial charge in [-0.05, 0) is 24.9 Å². The Bertz CT molecular complexity index is 942. The van der Waals surface area contributed by atoms with E-state index in [9.17, 15) is 28.8 Å². The highest BCUT2D eigenvalue weighted by Crippen LogP contribution is 2.04. The molecule has 0 aliphatic heterocycles. The molecule has 0 spiro atoms. The van der Waals surface area contributed by atoms with Gasteiger partial charge in [-0.25, -0.2) is 4.79 Å². The number of unbranched alkanes of at least 4 members (excludes halogenated alkanes) is 1. The molecule has 0 aliphatic carbocycles. The molecule has 0 radical (unpaired) electrons. The molecule has 4 amide bonds. The molecule has 1 aromatic rings. The molecule has 0 aliphatic rings. The van der Waals surface area contributed by atoms with E-state index in [-0.39, 0.29) is 6.42 Å². The maximum atomic E-state index is 12.7. The molecule has 0 aromatic heterocycles. The maximum Gasteiger partial charge on any atom is 0.326 e. The zero-order chi connectivity index (χ0) is 27.8. The van der Waals surface area contributed by atoms with Gasteiger partial charge in [0.15, 0.2) is 0 Å². The van der Waals surface area contributed by atoms with Crippen molar-refractivity contribution in [1.29, 1.82) is 0 Å². The summed E-state index contributed by atoms with van der Waals surface area (Å²) in [7, 11) is 0. The first kappa shape index (κ1) is 31.0. The SMILES string of the molecule is NCCCC[C@H](N)C(=O)NCC(=O)N[C@@H](Cc1ccccc1)C(=O)NCC(=O)N[C@@H](CC(=O)O)C(=O)O. The van der Waals surface area contributed by atoms with Crippen LogP contribution in [-0.2, 0) is 35.2 Å². The Morgan fingerprint density at radius 1 is 0.811 bits per heavy atom. The number of benzene rings is 1. The third-order valence-corrected chi connectivity index (χ3v) is 5.10. The minimum absolute atomic E-state index is 0.0589. The average molecular weight is 523 g/mol. The fraction of sp³-hybridized carbons (Fsp3) is 0.478. The van der Waals surface area contributed by atoms with Crippen molar-refractivity contribution >= 4 is 35.6 Å². The first-order valence-electron chi connectivity index (χ1n) is 11.6. The van der Waals surface area contributed by atoms with Gasteiger partial charge in [0.2, 0.25) is 23.6 Å². The number of nitrogens with two attached hydrogens (primary N) is 2. The van der Waals surface area contributed by atoms with Crippen LogP contribution in [0.2, 0.25) is 0 Å². The zero-order valence-electron chi connectivity index (χ0n) is 20.3. The maximum absolute atomic E-state index is 12.7. The Morgan fingerprint density at radius 3 is 1.92 bits per heavy atom. The quantitative estimate of drug-likeness (QED) is 0.0995. The topological polar surface area (TPSA) is 243 Å². The van der Waals surface area contributed by atoms with Crippen LogP contribution in [0.3, 0.4) is 0 Å². The minimum Gasteiger partial charge on any atom is -0.481 e. The predicted octanol–water partition coefficient (Wildman–Crippen LogP) is -2.55. The van der Waals surface area contributed by atoms with E-state index in [1.807, 2.05) is 5.32 Å². The Labute approximate surface area is 213 Å². The second-order valence-corrected chi connectivity index (χ2v) is 8.19. The van der Waals surface area contributed by atoms with Crippen LogP contribution in [0.4, 0.5) is 0 Å². The van der Waals surface area contributed by atoms with Crippen LogP contribution < -0.4 is 32.7 Å². The standard InChI is InChI=1S/C23H34N6O8/c24-9-5-4-8-15(25)21(34)26-12-18(30)28-16(10-14-6-2-1-3-7-14)22(35)27-13-19(31)29-17(23(36)37)11-20(32)33/h1-3,6-7,15-17H,4-5,8-13,24-25H2,(H,26,34)(H,27,35)(H,28,30)(H,29,31)(H,32,33)(H,36,37)/t15-,16-,17-/m0/s1. The lowest BCUT2D eigenvalue weighted by atomic mass is 10.1. The number of carbonyl (C=O) groups excluding carboxylic acids is 4. The number of hydrogen-bond acceptors (Lipinski definition) is 8. The zero-order valence-corrected chi connectivity index (χ0v) is 20.3. The summed E-state index contributed by atoms with van der Waals surface area (Å²) in [4.78, 5) is 71.2. The third-order valence-electron chi connectivity index (χ3n) is 5.10. The molecule has 14 nitrogen and oxygen atoms in total. The molecule has 1 aromatic carbocycles. The normalized spacial score (nSPS) is 12.9. The average Bonchev–Trinajstić information content (AvgIpc) is 2.85. The highest BCUT2D eigenvalue weighted by atomic mass is 16.4. The van der Waals surface area contributed by atoms with E-state index in [1.54, 1.807) is 30.3 Å². The number of carboxylic acid groups (broad SMARTS) is 2. The second kappa shape index (κ2) is 16.6. The van der Waals surface area contributed by atoms with Gasteiger partial charge in [-0.3, -0.25) is 24.0 Å². The van der Waals surface area contributed by atoms with Crippen molar-refractivity contribution in [3.63, 3.8) is 0 Å². The number of nitrogens with one attached hydrogen (secondary N) is 4. The largest absolute Gasteiger partial charge is 0.481 e. The van der Waals surface area contributed by atoms with Gasteiger partial charge in [0, 0.05) is 6.42 Å². The van der Waals surface area contributed by atoms with Gasteiger partial charge in [-0.15, -0.1) is 0 Å². The number of carboxylic acids is 2. The van der Waals surface area contributed by atoms with Crippen LogP contribution >= 0.6 is 0 Å². The smallest absolute Gasteiger partial charge is 0.326 e. The molecule has 1 rings (SSSR count). The van der Waals surface area contributed by atoms with E-state index in [1.165, 1.54) is 0 Å². The molecule has 0 fully saturated rings. The molecular weight excluding hydrogens is 488 g/mol. The van der Waals surface area contributed by atoms with Crippen LogP contribution in [0.25, 0.3) is 0 Å². The molecular formula is C23H34N6O8. The summed E-state index contributed by atoms with van der Waals surface area (Å²) in [5.74, 6) is -5.84. The molecule has 0 heterocycles. The fourth-order valence-corrected chi connectivity index (χ4v) is 3.15. The molecule has 204 valence electrons. The van der Waals surface area contributed by atoms with Gasteiger partial charge < -0.3 is 42.9 Å². The van der Waals surface area contributed by atoms with Crippen LogP contribution in [0, 0.1) is 0 Å². The van der Waals surface area contributed by atoms with Crippen molar-refractivity contribution < 1.29 is 39.0 Å². The Balaban J connectivity index is 2.72. The highest BCUT2D eigenvalue weighted by molar-refractivity contribution is 5.93. The van der Waals surface area contributed by atoms with Gasteiger partial charge in [-0.1, -0.05) is 36.8 Å². The second-order valence-electron chi connectivity index (χ2n) is 8.19. The monoisotopic (exact) mass is 522 g/mol. The molecule has 0 unspecified atom stereocenters. The molecule has 10 N–H and O–H groups in total. The molecule has 0 saturated carbocycles. The van der Waals surface area contributed by atoms with E-state index in [0.717, 1.165) is 0 Å². The van der Waals surface area contributed by atoms with E-state index in [4.69, 9.17) is 21.7 Å². The van der Waals surface area contributed by atoms with Crippen molar-refractivity contribution in [3.05, 3.63) is 35.9 Å².